The summed E-state index contributed by atoms with van der Waals surface area (Å²) in [6.07, 6.45) is 0.836. The molecular formula is C13H18N2O. The minimum Gasteiger partial charge on any atom is -0.507 e. The van der Waals surface area contributed by atoms with Gasteiger partial charge >= 0.3 is 0 Å². The van der Waals surface area contributed by atoms with Gasteiger partial charge in [-0.2, -0.15) is 5.10 Å². The summed E-state index contributed by atoms with van der Waals surface area (Å²) in [5.74, 6) is 0.359. The quantitative estimate of drug-likeness (QED) is 0.760. The molecule has 0 fully saturated rings. The topological polar surface area (TPSA) is 44.6 Å². The van der Waals surface area contributed by atoms with Gasteiger partial charge in [0.05, 0.1) is 11.3 Å². The average Bonchev–Trinajstić information content (AvgIpc) is 2.55. The molecule has 0 amide bonds. The lowest BCUT2D eigenvalue weighted by atomic mass is 9.93. The maximum absolute atomic E-state index is 10.1. The van der Waals surface area contributed by atoms with Gasteiger partial charge in [0.15, 0.2) is 0 Å². The zero-order chi connectivity index (χ0) is 11.9. The largest absolute Gasteiger partial charge is 0.507 e. The number of aromatic hydroxyl groups is 1. The van der Waals surface area contributed by atoms with E-state index >= 15 is 0 Å². The monoisotopic (exact) mass is 218 g/mol. The van der Waals surface area contributed by atoms with Crippen molar-refractivity contribution in [2.45, 2.75) is 39.7 Å². The van der Waals surface area contributed by atoms with Crippen LogP contribution in [0.2, 0.25) is 0 Å². The highest BCUT2D eigenvalue weighted by atomic mass is 16.3. The molecule has 0 spiro atoms. The van der Waals surface area contributed by atoms with E-state index in [0.29, 0.717) is 5.75 Å². The lowest BCUT2D eigenvalue weighted by Crippen LogP contribution is -2.30. The molecule has 2 N–H and O–H groups in total. The van der Waals surface area contributed by atoms with Crippen LogP contribution < -0.4 is 5.43 Å². The van der Waals surface area contributed by atoms with Gasteiger partial charge in [-0.25, -0.2) is 0 Å². The van der Waals surface area contributed by atoms with Crippen molar-refractivity contribution in [1.82, 2.24) is 5.43 Å². The Morgan fingerprint density at radius 3 is 2.56 bits per heavy atom. The highest BCUT2D eigenvalue weighted by Crippen LogP contribution is 2.29. The molecule has 3 heteroatoms. The molecule has 0 saturated heterocycles. The van der Waals surface area contributed by atoms with Crippen molar-refractivity contribution in [2.24, 2.45) is 5.10 Å². The minimum absolute atomic E-state index is 0.0133. The Morgan fingerprint density at radius 2 is 2.00 bits per heavy atom. The van der Waals surface area contributed by atoms with Crippen LogP contribution in [-0.2, 0) is 0 Å². The molecule has 0 atom stereocenters. The van der Waals surface area contributed by atoms with Gasteiger partial charge in [-0.15, -0.1) is 0 Å². The number of hydrogen-bond donors (Lipinski definition) is 2. The number of hydrazone groups is 1. The zero-order valence-electron chi connectivity index (χ0n) is 10.3. The third-order valence-corrected chi connectivity index (χ3v) is 3.12. The fourth-order valence-corrected chi connectivity index (χ4v) is 1.91. The van der Waals surface area contributed by atoms with E-state index in [0.717, 1.165) is 28.8 Å². The van der Waals surface area contributed by atoms with Gasteiger partial charge in [-0.1, -0.05) is 6.07 Å². The molecule has 2 rings (SSSR count). The molecule has 0 unspecified atom stereocenters. The Balaban J connectivity index is 2.40. The third kappa shape index (κ3) is 1.77. The molecule has 0 radical (unpaired) electrons. The predicted octanol–water partition coefficient (Wildman–Crippen LogP) is 2.49. The Kier molecular flexibility index (Phi) is 2.41. The molecule has 1 aromatic carbocycles. The van der Waals surface area contributed by atoms with Gasteiger partial charge in [0.2, 0.25) is 0 Å². The summed E-state index contributed by atoms with van der Waals surface area (Å²) in [5.41, 5.74) is 6.89. The highest BCUT2D eigenvalue weighted by molar-refractivity contribution is 6.04. The molecular weight excluding hydrogens is 200 g/mol. The molecule has 1 aliphatic heterocycles. The van der Waals surface area contributed by atoms with Crippen molar-refractivity contribution in [3.05, 3.63) is 28.8 Å². The van der Waals surface area contributed by atoms with Crippen molar-refractivity contribution >= 4 is 5.71 Å². The van der Waals surface area contributed by atoms with Gasteiger partial charge < -0.3 is 10.5 Å². The van der Waals surface area contributed by atoms with Crippen LogP contribution in [0.25, 0.3) is 0 Å². The molecule has 16 heavy (non-hydrogen) atoms. The molecule has 86 valence electrons. The second-order valence-corrected chi connectivity index (χ2v) is 5.13. The summed E-state index contributed by atoms with van der Waals surface area (Å²) in [7, 11) is 0. The summed E-state index contributed by atoms with van der Waals surface area (Å²) in [4.78, 5) is 0. The van der Waals surface area contributed by atoms with E-state index in [9.17, 15) is 5.11 Å². The van der Waals surface area contributed by atoms with Crippen molar-refractivity contribution < 1.29 is 5.11 Å². The number of phenols is 1. The smallest absolute Gasteiger partial charge is 0.127 e. The number of rotatable bonds is 1. The van der Waals surface area contributed by atoms with E-state index in [1.54, 1.807) is 0 Å². The molecule has 1 heterocycles. The van der Waals surface area contributed by atoms with Gasteiger partial charge in [-0.05, 0) is 44.9 Å². The number of benzene rings is 1. The first-order valence-electron chi connectivity index (χ1n) is 5.54. The van der Waals surface area contributed by atoms with Gasteiger partial charge in [-0.3, -0.25) is 0 Å². The Morgan fingerprint density at radius 1 is 1.31 bits per heavy atom. The Labute approximate surface area is 96.2 Å². The fourth-order valence-electron chi connectivity index (χ4n) is 1.91. The molecule has 0 aliphatic carbocycles. The van der Waals surface area contributed by atoms with E-state index in [4.69, 9.17) is 0 Å². The Bertz CT molecular complexity index is 461. The maximum atomic E-state index is 10.1. The molecule has 0 aromatic heterocycles. The second-order valence-electron chi connectivity index (χ2n) is 5.13. The van der Waals surface area contributed by atoms with Crippen LogP contribution in [0.4, 0.5) is 0 Å². The second kappa shape index (κ2) is 3.51. The lowest BCUT2D eigenvalue weighted by Gasteiger charge is -2.16. The van der Waals surface area contributed by atoms with Gasteiger partial charge in [0.1, 0.15) is 5.75 Å². The summed E-state index contributed by atoms with van der Waals surface area (Å²) >= 11 is 0. The van der Waals surface area contributed by atoms with Crippen molar-refractivity contribution in [2.75, 3.05) is 0 Å². The van der Waals surface area contributed by atoms with E-state index in [1.165, 1.54) is 0 Å². The number of phenolic OH excluding ortho intramolecular Hbond substituents is 1. The molecule has 0 bridgehead atoms. The van der Waals surface area contributed by atoms with Crippen LogP contribution in [0.3, 0.4) is 0 Å². The first-order valence-corrected chi connectivity index (χ1v) is 5.54. The van der Waals surface area contributed by atoms with Crippen LogP contribution in [0.1, 0.15) is 37.0 Å². The Hall–Kier alpha value is -1.51. The van der Waals surface area contributed by atoms with Crippen LogP contribution in [0.15, 0.2) is 17.2 Å². The van der Waals surface area contributed by atoms with Crippen LogP contribution in [0, 0.1) is 13.8 Å². The molecule has 1 aromatic rings. The highest BCUT2D eigenvalue weighted by Gasteiger charge is 2.28. The van der Waals surface area contributed by atoms with Gasteiger partial charge in [0, 0.05) is 12.0 Å². The normalized spacial score (nSPS) is 18.1. The van der Waals surface area contributed by atoms with E-state index in [-0.39, 0.29) is 5.54 Å². The fraction of sp³-hybridized carbons (Fsp3) is 0.462. The standard InChI is InChI=1S/C13H18N2O/c1-8-5-6-10(12(16)9(8)2)11-7-13(3,4)15-14-11/h5-6,15-16H,7H2,1-4H3. The lowest BCUT2D eigenvalue weighted by molar-refractivity contribution is 0.446. The van der Waals surface area contributed by atoms with E-state index < -0.39 is 0 Å². The molecule has 0 saturated carbocycles. The van der Waals surface area contributed by atoms with Crippen molar-refractivity contribution in [3.8, 4) is 5.75 Å². The SMILES string of the molecule is Cc1ccc(C2=NNC(C)(C)C2)c(O)c1C. The zero-order valence-corrected chi connectivity index (χ0v) is 10.3. The summed E-state index contributed by atoms with van der Waals surface area (Å²) in [6, 6.07) is 3.97. The number of nitrogens with one attached hydrogen (secondary N) is 1. The summed E-state index contributed by atoms with van der Waals surface area (Å²) in [6.45, 7) is 8.13. The number of hydrogen-bond acceptors (Lipinski definition) is 3. The minimum atomic E-state index is -0.0133. The van der Waals surface area contributed by atoms with Crippen LogP contribution >= 0.6 is 0 Å². The average molecular weight is 218 g/mol. The number of aryl methyl sites for hydroxylation is 1. The molecule has 3 nitrogen and oxygen atoms in total. The van der Waals surface area contributed by atoms with E-state index in [1.807, 2.05) is 26.0 Å². The van der Waals surface area contributed by atoms with Crippen LogP contribution in [-0.4, -0.2) is 16.4 Å². The van der Waals surface area contributed by atoms with Crippen molar-refractivity contribution in [3.63, 3.8) is 0 Å². The van der Waals surface area contributed by atoms with Crippen LogP contribution in [0.5, 0.6) is 5.75 Å². The summed E-state index contributed by atoms with van der Waals surface area (Å²) in [5, 5.41) is 14.4. The maximum Gasteiger partial charge on any atom is 0.127 e. The van der Waals surface area contributed by atoms with E-state index in [2.05, 4.69) is 24.4 Å². The first-order chi connectivity index (χ1) is 7.41. The van der Waals surface area contributed by atoms with Crippen molar-refractivity contribution in [1.29, 1.82) is 0 Å². The first kappa shape index (κ1) is 11.0. The summed E-state index contributed by atoms with van der Waals surface area (Å²) < 4.78 is 0. The van der Waals surface area contributed by atoms with Gasteiger partial charge in [0.25, 0.3) is 0 Å². The predicted molar refractivity (Wildman–Crippen MR) is 65.9 cm³/mol. The third-order valence-electron chi connectivity index (χ3n) is 3.12. The number of nitrogens with zero attached hydrogens (tertiary/aromatic N) is 1. The molecule has 1 aliphatic rings.